The number of anilines is 1. The smallest absolute Gasteiger partial charge is 0.345 e. The first-order chi connectivity index (χ1) is 15.6. The molecule has 7 nitrogen and oxygen atoms in total. The monoisotopic (exact) mass is 462 g/mol. The van der Waals surface area contributed by atoms with Gasteiger partial charge >= 0.3 is 6.18 Å². The van der Waals surface area contributed by atoms with Gasteiger partial charge in [0.25, 0.3) is 5.91 Å². The van der Waals surface area contributed by atoms with E-state index in [1.807, 2.05) is 25.1 Å². The van der Waals surface area contributed by atoms with E-state index in [1.165, 1.54) is 11.8 Å². The van der Waals surface area contributed by atoms with Gasteiger partial charge < -0.3 is 10.6 Å². The van der Waals surface area contributed by atoms with Crippen molar-refractivity contribution in [1.29, 1.82) is 0 Å². The molecule has 0 radical (unpaired) electrons. The normalized spacial score (nSPS) is 16.3. The van der Waals surface area contributed by atoms with Crippen molar-refractivity contribution in [3.63, 3.8) is 0 Å². The van der Waals surface area contributed by atoms with Crippen molar-refractivity contribution in [3.05, 3.63) is 48.2 Å². The lowest BCUT2D eigenvalue weighted by Gasteiger charge is -2.26. The second kappa shape index (κ2) is 10.0. The Kier molecular flexibility index (Phi) is 7.35. The molecular weight excluding hydrogens is 437 g/mol. The van der Waals surface area contributed by atoms with E-state index < -0.39 is 42.9 Å². The molecule has 0 saturated carbocycles. The molecule has 2 N–H and O–H groups in total. The standard InChI is InChI=1S/C23H25F3N4O3/c1-3-13-30-20-17(9-6-12-27-20)15-7-4-5-8-16(15)19(22(30)33)29-21(32)14(2)28-18(31)10-11-23(24,25)26/h4-9,12,14,19H,3,10-11,13H2,1-2H3,(H,28,31)(H,29,32)/t14-,19-/m0/s1. The molecule has 33 heavy (non-hydrogen) atoms. The molecule has 0 spiro atoms. The van der Waals surface area contributed by atoms with Crippen LogP contribution in [-0.4, -0.2) is 41.5 Å². The maximum absolute atomic E-state index is 13.5. The number of alkyl halides is 3. The second-order valence-corrected chi connectivity index (χ2v) is 7.80. The van der Waals surface area contributed by atoms with Crippen molar-refractivity contribution in [2.45, 2.75) is 51.4 Å². The van der Waals surface area contributed by atoms with E-state index in [0.29, 0.717) is 24.3 Å². The van der Waals surface area contributed by atoms with Crippen LogP contribution in [-0.2, 0) is 14.4 Å². The topological polar surface area (TPSA) is 91.4 Å². The lowest BCUT2D eigenvalue weighted by Crippen LogP contribution is -2.49. The van der Waals surface area contributed by atoms with Crippen molar-refractivity contribution >= 4 is 23.5 Å². The Hall–Kier alpha value is -3.43. The minimum Gasteiger partial charge on any atom is -0.345 e. The number of pyridine rings is 1. The zero-order valence-electron chi connectivity index (χ0n) is 18.3. The summed E-state index contributed by atoms with van der Waals surface area (Å²) in [5.41, 5.74) is 2.05. The van der Waals surface area contributed by atoms with Gasteiger partial charge in [0.2, 0.25) is 11.8 Å². The molecule has 2 aromatic rings. The van der Waals surface area contributed by atoms with Gasteiger partial charge in [-0.3, -0.25) is 19.3 Å². The van der Waals surface area contributed by atoms with Gasteiger partial charge in [-0.1, -0.05) is 31.2 Å². The minimum atomic E-state index is -4.47. The molecule has 1 aliphatic rings. The fourth-order valence-electron chi connectivity index (χ4n) is 3.69. The second-order valence-electron chi connectivity index (χ2n) is 7.80. The largest absolute Gasteiger partial charge is 0.389 e. The maximum atomic E-state index is 13.5. The predicted molar refractivity (Wildman–Crippen MR) is 116 cm³/mol. The van der Waals surface area contributed by atoms with Crippen LogP contribution in [0.2, 0.25) is 0 Å². The number of aromatic nitrogens is 1. The number of nitrogens with one attached hydrogen (secondary N) is 2. The first-order valence-corrected chi connectivity index (χ1v) is 10.6. The van der Waals surface area contributed by atoms with Gasteiger partial charge in [-0.15, -0.1) is 0 Å². The summed E-state index contributed by atoms with van der Waals surface area (Å²) < 4.78 is 37.0. The number of hydrogen-bond donors (Lipinski definition) is 2. The highest BCUT2D eigenvalue weighted by Crippen LogP contribution is 2.38. The molecule has 2 atom stereocenters. The number of carbonyl (C=O) groups excluding carboxylic acids is 3. The minimum absolute atomic E-state index is 0.382. The van der Waals surface area contributed by atoms with Gasteiger partial charge in [0, 0.05) is 24.7 Å². The molecule has 1 aromatic carbocycles. The summed E-state index contributed by atoms with van der Waals surface area (Å²) in [7, 11) is 0. The molecular formula is C23H25F3N4O3. The van der Waals surface area contributed by atoms with Crippen LogP contribution in [0.25, 0.3) is 11.1 Å². The van der Waals surface area contributed by atoms with Crippen molar-refractivity contribution < 1.29 is 27.6 Å². The summed E-state index contributed by atoms with van der Waals surface area (Å²) in [5, 5.41) is 4.93. The summed E-state index contributed by atoms with van der Waals surface area (Å²) in [6, 6.07) is 8.57. The van der Waals surface area contributed by atoms with Crippen molar-refractivity contribution in [1.82, 2.24) is 15.6 Å². The van der Waals surface area contributed by atoms with Crippen molar-refractivity contribution in [2.24, 2.45) is 0 Å². The Morgan fingerprint density at radius 1 is 1.15 bits per heavy atom. The van der Waals surface area contributed by atoms with Crippen LogP contribution >= 0.6 is 0 Å². The molecule has 3 rings (SSSR count). The van der Waals surface area contributed by atoms with Crippen LogP contribution in [0, 0.1) is 0 Å². The Labute approximate surface area is 189 Å². The Balaban J connectivity index is 1.85. The molecule has 0 fully saturated rings. The fraction of sp³-hybridized carbons (Fsp3) is 0.391. The third-order valence-electron chi connectivity index (χ3n) is 5.26. The highest BCUT2D eigenvalue weighted by Gasteiger charge is 2.36. The molecule has 0 saturated heterocycles. The number of amides is 3. The SMILES string of the molecule is CCCN1C(=O)[C@@H](NC(=O)[C@H](C)NC(=O)CCC(F)(F)F)c2ccccc2-c2cccnc21. The van der Waals surface area contributed by atoms with Gasteiger partial charge in [-0.2, -0.15) is 13.2 Å². The van der Waals surface area contributed by atoms with E-state index in [2.05, 4.69) is 15.6 Å². The molecule has 1 aliphatic heterocycles. The van der Waals surface area contributed by atoms with Crippen LogP contribution in [0.5, 0.6) is 0 Å². The van der Waals surface area contributed by atoms with Crippen LogP contribution in [0.1, 0.15) is 44.7 Å². The summed E-state index contributed by atoms with van der Waals surface area (Å²) in [6.45, 7) is 3.65. The highest BCUT2D eigenvalue weighted by atomic mass is 19.4. The van der Waals surface area contributed by atoms with Crippen LogP contribution < -0.4 is 15.5 Å². The van der Waals surface area contributed by atoms with Gasteiger partial charge in [-0.25, -0.2) is 4.98 Å². The molecule has 10 heteroatoms. The van der Waals surface area contributed by atoms with Gasteiger partial charge in [0.1, 0.15) is 17.9 Å². The molecule has 1 aromatic heterocycles. The fourth-order valence-corrected chi connectivity index (χ4v) is 3.69. The number of halogens is 3. The number of benzene rings is 1. The van der Waals surface area contributed by atoms with E-state index in [9.17, 15) is 27.6 Å². The average molecular weight is 462 g/mol. The summed E-state index contributed by atoms with van der Waals surface area (Å²) >= 11 is 0. The van der Waals surface area contributed by atoms with E-state index in [-0.39, 0.29) is 5.91 Å². The number of hydrogen-bond acceptors (Lipinski definition) is 4. The summed E-state index contributed by atoms with van der Waals surface area (Å²) in [5.74, 6) is -1.47. The Morgan fingerprint density at radius 2 is 1.85 bits per heavy atom. The van der Waals surface area contributed by atoms with E-state index in [4.69, 9.17) is 0 Å². The number of rotatable bonds is 7. The van der Waals surface area contributed by atoms with Gasteiger partial charge in [0.15, 0.2) is 0 Å². The lowest BCUT2D eigenvalue weighted by atomic mass is 9.96. The number of nitrogens with zero attached hydrogens (tertiary/aromatic N) is 2. The molecule has 2 heterocycles. The van der Waals surface area contributed by atoms with Crippen LogP contribution in [0.4, 0.5) is 19.0 Å². The molecule has 3 amide bonds. The third-order valence-corrected chi connectivity index (χ3v) is 5.26. The summed E-state index contributed by atoms with van der Waals surface area (Å²) in [6.07, 6.45) is -4.28. The third kappa shape index (κ3) is 5.68. The molecule has 0 aliphatic carbocycles. The first-order valence-electron chi connectivity index (χ1n) is 10.6. The summed E-state index contributed by atoms with van der Waals surface area (Å²) in [4.78, 5) is 44.1. The van der Waals surface area contributed by atoms with Crippen LogP contribution in [0.3, 0.4) is 0 Å². The molecule has 0 unspecified atom stereocenters. The van der Waals surface area contributed by atoms with Crippen LogP contribution in [0.15, 0.2) is 42.6 Å². The lowest BCUT2D eigenvalue weighted by molar-refractivity contribution is -0.144. The number of carbonyl (C=O) groups is 3. The first kappa shape index (κ1) is 24.2. The maximum Gasteiger partial charge on any atom is 0.389 e. The number of fused-ring (bicyclic) bond motifs is 3. The van der Waals surface area contributed by atoms with Crippen molar-refractivity contribution in [3.8, 4) is 11.1 Å². The molecule has 176 valence electrons. The van der Waals surface area contributed by atoms with E-state index in [0.717, 1.165) is 11.1 Å². The average Bonchev–Trinajstić information content (AvgIpc) is 2.87. The molecule has 0 bridgehead atoms. The zero-order valence-corrected chi connectivity index (χ0v) is 18.3. The van der Waals surface area contributed by atoms with Gasteiger partial charge in [-0.05, 0) is 36.6 Å². The zero-order chi connectivity index (χ0) is 24.2. The van der Waals surface area contributed by atoms with E-state index in [1.54, 1.807) is 24.4 Å². The quantitative estimate of drug-likeness (QED) is 0.659. The predicted octanol–water partition coefficient (Wildman–Crippen LogP) is 3.51. The van der Waals surface area contributed by atoms with Crippen molar-refractivity contribution in [2.75, 3.05) is 11.4 Å². The highest BCUT2D eigenvalue weighted by molar-refractivity contribution is 6.05. The van der Waals surface area contributed by atoms with Gasteiger partial charge in [0.05, 0.1) is 6.42 Å². The Bertz CT molecular complexity index is 1040. The van der Waals surface area contributed by atoms with E-state index >= 15 is 0 Å². The Morgan fingerprint density at radius 3 is 2.55 bits per heavy atom.